The van der Waals surface area contributed by atoms with Gasteiger partial charge >= 0.3 is 0 Å². The lowest BCUT2D eigenvalue weighted by atomic mass is 10.1. The van der Waals surface area contributed by atoms with E-state index in [2.05, 4.69) is 9.97 Å². The van der Waals surface area contributed by atoms with Gasteiger partial charge in [-0.25, -0.2) is 9.97 Å². The smallest absolute Gasteiger partial charge is 0.228 e. The Balaban J connectivity index is 1.48. The molecule has 0 bridgehead atoms. The molecule has 2 aliphatic heterocycles. The zero-order chi connectivity index (χ0) is 15.8. The highest BCUT2D eigenvalue weighted by atomic mass is 16.2. The molecule has 1 unspecified atom stereocenters. The Morgan fingerprint density at radius 2 is 2.00 bits per heavy atom. The number of rotatable bonds is 2. The van der Waals surface area contributed by atoms with Gasteiger partial charge in [0.05, 0.1) is 18.2 Å². The maximum Gasteiger partial charge on any atom is 0.228 e. The van der Waals surface area contributed by atoms with E-state index in [0.717, 1.165) is 16.9 Å². The second kappa shape index (κ2) is 5.46. The van der Waals surface area contributed by atoms with E-state index in [4.69, 9.17) is 0 Å². The first-order valence-corrected chi connectivity index (χ1v) is 7.64. The SMILES string of the molecule is O=C(C1CC(=O)N(c2ccccc2)C1)N1Cc2cncnc2C1. The van der Waals surface area contributed by atoms with Gasteiger partial charge in [-0.05, 0) is 12.1 Å². The Kier molecular flexibility index (Phi) is 3.29. The van der Waals surface area contributed by atoms with E-state index >= 15 is 0 Å². The number of carbonyl (C=O) groups excluding carboxylic acids is 2. The van der Waals surface area contributed by atoms with E-state index in [1.165, 1.54) is 6.33 Å². The average molecular weight is 308 g/mol. The monoisotopic (exact) mass is 308 g/mol. The number of benzene rings is 1. The van der Waals surface area contributed by atoms with E-state index < -0.39 is 0 Å². The third-order valence-corrected chi connectivity index (χ3v) is 4.44. The molecule has 116 valence electrons. The number of carbonyl (C=O) groups is 2. The number of aromatic nitrogens is 2. The van der Waals surface area contributed by atoms with Gasteiger partial charge in [0.2, 0.25) is 11.8 Å². The van der Waals surface area contributed by atoms with Gasteiger partial charge < -0.3 is 9.80 Å². The molecule has 0 radical (unpaired) electrons. The van der Waals surface area contributed by atoms with Crippen molar-refractivity contribution in [2.75, 3.05) is 11.4 Å². The molecule has 1 atom stereocenters. The average Bonchev–Trinajstić information content (AvgIpc) is 3.18. The molecule has 0 N–H and O–H groups in total. The lowest BCUT2D eigenvalue weighted by molar-refractivity contribution is -0.136. The lowest BCUT2D eigenvalue weighted by Crippen LogP contribution is -2.34. The molecule has 6 nitrogen and oxygen atoms in total. The highest BCUT2D eigenvalue weighted by Crippen LogP contribution is 2.28. The van der Waals surface area contributed by atoms with Gasteiger partial charge in [0, 0.05) is 37.0 Å². The molecule has 6 heteroatoms. The highest BCUT2D eigenvalue weighted by molar-refractivity contribution is 6.00. The van der Waals surface area contributed by atoms with E-state index in [-0.39, 0.29) is 24.2 Å². The molecule has 2 aromatic rings. The van der Waals surface area contributed by atoms with E-state index in [0.29, 0.717) is 19.6 Å². The number of hydrogen-bond acceptors (Lipinski definition) is 4. The van der Waals surface area contributed by atoms with Crippen LogP contribution in [0.2, 0.25) is 0 Å². The lowest BCUT2D eigenvalue weighted by Gasteiger charge is -2.20. The zero-order valence-corrected chi connectivity index (χ0v) is 12.6. The van der Waals surface area contributed by atoms with Crippen LogP contribution in [0.4, 0.5) is 5.69 Å². The van der Waals surface area contributed by atoms with Crippen molar-refractivity contribution in [1.29, 1.82) is 0 Å². The first kappa shape index (κ1) is 13.9. The van der Waals surface area contributed by atoms with Crippen molar-refractivity contribution < 1.29 is 9.59 Å². The van der Waals surface area contributed by atoms with Gasteiger partial charge in [-0.1, -0.05) is 18.2 Å². The van der Waals surface area contributed by atoms with Gasteiger partial charge in [0.25, 0.3) is 0 Å². The summed E-state index contributed by atoms with van der Waals surface area (Å²) in [5.74, 6) is -0.259. The molecule has 2 aliphatic rings. The number of nitrogens with zero attached hydrogens (tertiary/aromatic N) is 4. The number of para-hydroxylation sites is 1. The number of anilines is 1. The van der Waals surface area contributed by atoms with Crippen molar-refractivity contribution in [2.45, 2.75) is 19.5 Å². The van der Waals surface area contributed by atoms with Crippen LogP contribution in [0.25, 0.3) is 0 Å². The number of hydrogen-bond donors (Lipinski definition) is 0. The summed E-state index contributed by atoms with van der Waals surface area (Å²) in [5, 5.41) is 0. The minimum Gasteiger partial charge on any atom is -0.332 e. The fourth-order valence-corrected chi connectivity index (χ4v) is 3.25. The predicted molar refractivity (Wildman–Crippen MR) is 83.2 cm³/mol. The van der Waals surface area contributed by atoms with Crippen LogP contribution in [0.3, 0.4) is 0 Å². The number of fused-ring (bicyclic) bond motifs is 1. The van der Waals surface area contributed by atoms with Crippen LogP contribution >= 0.6 is 0 Å². The molecule has 1 aromatic heterocycles. The van der Waals surface area contributed by atoms with Crippen molar-refractivity contribution in [3.05, 3.63) is 54.1 Å². The standard InChI is InChI=1S/C17H16N4O2/c22-16-6-12(9-21(16)14-4-2-1-3-5-14)17(23)20-8-13-7-18-11-19-15(13)10-20/h1-5,7,11-12H,6,8-10H2. The maximum atomic E-state index is 12.7. The second-order valence-electron chi connectivity index (χ2n) is 5.93. The van der Waals surface area contributed by atoms with Crippen molar-refractivity contribution >= 4 is 17.5 Å². The molecule has 1 fully saturated rings. The summed E-state index contributed by atoms with van der Waals surface area (Å²) in [4.78, 5) is 36.7. The summed E-state index contributed by atoms with van der Waals surface area (Å²) in [6, 6.07) is 9.49. The fourth-order valence-electron chi connectivity index (χ4n) is 3.25. The molecule has 0 saturated carbocycles. The molecular formula is C17H16N4O2. The second-order valence-corrected chi connectivity index (χ2v) is 5.93. The first-order valence-electron chi connectivity index (χ1n) is 7.64. The van der Waals surface area contributed by atoms with Crippen LogP contribution < -0.4 is 4.90 Å². The molecule has 2 amide bonds. The van der Waals surface area contributed by atoms with Crippen LogP contribution in [0.15, 0.2) is 42.9 Å². The van der Waals surface area contributed by atoms with E-state index in [1.54, 1.807) is 16.0 Å². The molecule has 4 rings (SSSR count). The number of amides is 2. The summed E-state index contributed by atoms with van der Waals surface area (Å²) >= 11 is 0. The third kappa shape index (κ3) is 2.46. The van der Waals surface area contributed by atoms with Crippen LogP contribution in [-0.4, -0.2) is 33.2 Å². The summed E-state index contributed by atoms with van der Waals surface area (Å²) in [7, 11) is 0. The van der Waals surface area contributed by atoms with Gasteiger partial charge in [-0.2, -0.15) is 0 Å². The minimum atomic E-state index is -0.287. The molecule has 0 spiro atoms. The molecule has 1 aromatic carbocycles. The Morgan fingerprint density at radius 3 is 2.78 bits per heavy atom. The van der Waals surface area contributed by atoms with Crippen molar-refractivity contribution in [2.24, 2.45) is 5.92 Å². The van der Waals surface area contributed by atoms with E-state index in [1.807, 2.05) is 30.3 Å². The molecule has 1 saturated heterocycles. The van der Waals surface area contributed by atoms with Gasteiger partial charge in [-0.15, -0.1) is 0 Å². The third-order valence-electron chi connectivity index (χ3n) is 4.44. The van der Waals surface area contributed by atoms with Crippen LogP contribution in [0.1, 0.15) is 17.7 Å². The molecular weight excluding hydrogens is 292 g/mol. The molecule has 0 aliphatic carbocycles. The largest absolute Gasteiger partial charge is 0.332 e. The Labute approximate surface area is 133 Å². The fraction of sp³-hybridized carbons (Fsp3) is 0.294. The van der Waals surface area contributed by atoms with Gasteiger partial charge in [0.1, 0.15) is 6.33 Å². The molecule has 3 heterocycles. The van der Waals surface area contributed by atoms with Crippen molar-refractivity contribution in [3.63, 3.8) is 0 Å². The van der Waals surface area contributed by atoms with Crippen LogP contribution in [-0.2, 0) is 22.7 Å². The highest BCUT2D eigenvalue weighted by Gasteiger charge is 2.38. The van der Waals surface area contributed by atoms with Crippen LogP contribution in [0, 0.1) is 5.92 Å². The predicted octanol–water partition coefficient (Wildman–Crippen LogP) is 1.37. The minimum absolute atomic E-state index is 0.00560. The van der Waals surface area contributed by atoms with E-state index in [9.17, 15) is 9.59 Å². The quantitative estimate of drug-likeness (QED) is 0.840. The summed E-state index contributed by atoms with van der Waals surface area (Å²) in [6.45, 7) is 1.48. The Hall–Kier alpha value is -2.76. The van der Waals surface area contributed by atoms with Crippen molar-refractivity contribution in [1.82, 2.24) is 14.9 Å². The Bertz CT molecular complexity index is 737. The van der Waals surface area contributed by atoms with Crippen molar-refractivity contribution in [3.8, 4) is 0 Å². The summed E-state index contributed by atoms with van der Waals surface area (Å²) in [5.41, 5.74) is 2.74. The zero-order valence-electron chi connectivity index (χ0n) is 12.6. The van der Waals surface area contributed by atoms with Gasteiger partial charge in [-0.3, -0.25) is 9.59 Å². The van der Waals surface area contributed by atoms with Gasteiger partial charge in [0.15, 0.2) is 0 Å². The normalized spacial score (nSPS) is 20.0. The Morgan fingerprint density at radius 1 is 1.17 bits per heavy atom. The first-order chi connectivity index (χ1) is 11.2. The van der Waals surface area contributed by atoms with Crippen LogP contribution in [0.5, 0.6) is 0 Å². The topological polar surface area (TPSA) is 66.4 Å². The molecule has 23 heavy (non-hydrogen) atoms. The summed E-state index contributed by atoms with van der Waals surface area (Å²) in [6.07, 6.45) is 3.53. The maximum absolute atomic E-state index is 12.7. The summed E-state index contributed by atoms with van der Waals surface area (Å²) < 4.78 is 0.